The van der Waals surface area contributed by atoms with Crippen LogP contribution in [-0.4, -0.2) is 11.4 Å². The van der Waals surface area contributed by atoms with Crippen molar-refractivity contribution in [1.82, 2.24) is 0 Å². The first-order valence-corrected chi connectivity index (χ1v) is 7.19. The van der Waals surface area contributed by atoms with Gasteiger partial charge in [0.15, 0.2) is 0 Å². The Kier molecular flexibility index (Phi) is 7.22. The van der Waals surface area contributed by atoms with Crippen LogP contribution in [0, 0.1) is 0 Å². The number of rotatable bonds is 7. The number of allylic oxidation sites excluding steroid dienone is 2. The molecule has 0 spiro atoms. The van der Waals surface area contributed by atoms with Crippen molar-refractivity contribution in [2.24, 2.45) is 0 Å². The van der Waals surface area contributed by atoms with E-state index in [-0.39, 0.29) is 0 Å². The Morgan fingerprint density at radius 1 is 1.29 bits per heavy atom. The maximum atomic E-state index is 5.88. The molecule has 2 heteroatoms. The van der Waals surface area contributed by atoms with Crippen molar-refractivity contribution in [2.45, 2.75) is 39.4 Å². The second-order valence-corrected chi connectivity index (χ2v) is 5.08. The fourth-order valence-electron chi connectivity index (χ4n) is 1.55. The van der Waals surface area contributed by atoms with Crippen molar-refractivity contribution in [2.75, 3.05) is 5.33 Å². The standard InChI is InChI=1S/C15H21BrO/c1-13(2)7-6-10-15(11-16)17-12-14-8-4-3-5-9-14/h3-5,7-9,15H,6,10-12H2,1-2H3. The number of alkyl halides is 1. The van der Waals surface area contributed by atoms with Gasteiger partial charge in [-0.05, 0) is 32.3 Å². The monoisotopic (exact) mass is 296 g/mol. The van der Waals surface area contributed by atoms with Crippen LogP contribution < -0.4 is 0 Å². The first-order valence-electron chi connectivity index (χ1n) is 6.07. The molecular weight excluding hydrogens is 276 g/mol. The first kappa shape index (κ1) is 14.5. The summed E-state index contributed by atoms with van der Waals surface area (Å²) < 4.78 is 5.88. The third kappa shape index (κ3) is 6.64. The lowest BCUT2D eigenvalue weighted by Gasteiger charge is -2.14. The molecule has 0 bridgehead atoms. The van der Waals surface area contributed by atoms with Crippen molar-refractivity contribution >= 4 is 15.9 Å². The van der Waals surface area contributed by atoms with Crippen LogP contribution in [0.25, 0.3) is 0 Å². The Morgan fingerprint density at radius 3 is 2.59 bits per heavy atom. The molecule has 1 atom stereocenters. The van der Waals surface area contributed by atoms with Crippen molar-refractivity contribution in [3.8, 4) is 0 Å². The molecule has 0 fully saturated rings. The van der Waals surface area contributed by atoms with Crippen LogP contribution in [0.1, 0.15) is 32.3 Å². The molecule has 0 N–H and O–H groups in total. The van der Waals surface area contributed by atoms with Gasteiger partial charge in [-0.2, -0.15) is 0 Å². The third-order valence-corrected chi connectivity index (χ3v) is 3.26. The van der Waals surface area contributed by atoms with E-state index in [9.17, 15) is 0 Å². The molecule has 0 aliphatic carbocycles. The summed E-state index contributed by atoms with van der Waals surface area (Å²) in [5.41, 5.74) is 2.61. The summed E-state index contributed by atoms with van der Waals surface area (Å²) in [5.74, 6) is 0. The highest BCUT2D eigenvalue weighted by Gasteiger charge is 2.06. The molecule has 1 rings (SSSR count). The predicted molar refractivity (Wildman–Crippen MR) is 77.5 cm³/mol. The molecule has 0 saturated carbocycles. The van der Waals surface area contributed by atoms with Gasteiger partial charge >= 0.3 is 0 Å². The SMILES string of the molecule is CC(C)=CCCC(CBr)OCc1ccccc1. The van der Waals surface area contributed by atoms with E-state index in [2.05, 4.69) is 48.0 Å². The minimum absolute atomic E-state index is 0.297. The number of hydrogen-bond donors (Lipinski definition) is 0. The van der Waals surface area contributed by atoms with E-state index < -0.39 is 0 Å². The summed E-state index contributed by atoms with van der Waals surface area (Å²) in [6.45, 7) is 4.97. The van der Waals surface area contributed by atoms with E-state index in [0.717, 1.165) is 18.2 Å². The average Bonchev–Trinajstić information content (AvgIpc) is 2.34. The Balaban J connectivity index is 2.30. The summed E-state index contributed by atoms with van der Waals surface area (Å²) in [4.78, 5) is 0. The average molecular weight is 297 g/mol. The normalized spacial score (nSPS) is 12.2. The van der Waals surface area contributed by atoms with Gasteiger partial charge in [0, 0.05) is 5.33 Å². The summed E-state index contributed by atoms with van der Waals surface area (Å²) in [6.07, 6.45) is 4.73. The molecule has 94 valence electrons. The van der Waals surface area contributed by atoms with Crippen molar-refractivity contribution in [3.05, 3.63) is 47.5 Å². The van der Waals surface area contributed by atoms with Gasteiger partial charge in [-0.1, -0.05) is 57.9 Å². The van der Waals surface area contributed by atoms with Crippen LogP contribution in [0.2, 0.25) is 0 Å². The van der Waals surface area contributed by atoms with Gasteiger partial charge in [-0.15, -0.1) is 0 Å². The summed E-state index contributed by atoms with van der Waals surface area (Å²) >= 11 is 3.51. The predicted octanol–water partition coefficient (Wildman–Crippen LogP) is 4.71. The van der Waals surface area contributed by atoms with Crippen LogP contribution in [0.4, 0.5) is 0 Å². The maximum absolute atomic E-state index is 5.88. The minimum atomic E-state index is 0.297. The zero-order valence-electron chi connectivity index (χ0n) is 10.7. The van der Waals surface area contributed by atoms with Crippen LogP contribution in [0.3, 0.4) is 0 Å². The Hall–Kier alpha value is -0.600. The minimum Gasteiger partial charge on any atom is -0.373 e. The van der Waals surface area contributed by atoms with E-state index in [1.807, 2.05) is 18.2 Å². The third-order valence-electron chi connectivity index (χ3n) is 2.54. The maximum Gasteiger partial charge on any atom is 0.0721 e. The van der Waals surface area contributed by atoms with Crippen molar-refractivity contribution in [1.29, 1.82) is 0 Å². The summed E-state index contributed by atoms with van der Waals surface area (Å²) in [6, 6.07) is 10.3. The van der Waals surface area contributed by atoms with E-state index in [4.69, 9.17) is 4.74 Å². The Morgan fingerprint density at radius 2 is 2.00 bits per heavy atom. The van der Waals surface area contributed by atoms with Crippen LogP contribution >= 0.6 is 15.9 Å². The van der Waals surface area contributed by atoms with Gasteiger partial charge < -0.3 is 4.74 Å². The van der Waals surface area contributed by atoms with Crippen molar-refractivity contribution < 1.29 is 4.74 Å². The number of ether oxygens (including phenoxy) is 1. The lowest BCUT2D eigenvalue weighted by molar-refractivity contribution is 0.0522. The number of hydrogen-bond acceptors (Lipinski definition) is 1. The van der Waals surface area contributed by atoms with E-state index in [1.54, 1.807) is 0 Å². The zero-order valence-corrected chi connectivity index (χ0v) is 12.2. The topological polar surface area (TPSA) is 9.23 Å². The van der Waals surface area contributed by atoms with E-state index >= 15 is 0 Å². The molecule has 0 saturated heterocycles. The number of benzene rings is 1. The Bertz CT molecular complexity index is 328. The quantitative estimate of drug-likeness (QED) is 0.523. The van der Waals surface area contributed by atoms with E-state index in [0.29, 0.717) is 12.7 Å². The molecule has 0 aromatic heterocycles. The molecule has 1 unspecified atom stereocenters. The van der Waals surface area contributed by atoms with E-state index in [1.165, 1.54) is 11.1 Å². The first-order chi connectivity index (χ1) is 8.22. The van der Waals surface area contributed by atoms with Gasteiger partial charge in [0.05, 0.1) is 12.7 Å². The van der Waals surface area contributed by atoms with Crippen LogP contribution in [-0.2, 0) is 11.3 Å². The van der Waals surface area contributed by atoms with Crippen LogP contribution in [0.15, 0.2) is 42.0 Å². The molecule has 1 aromatic carbocycles. The molecule has 1 aromatic rings. The fourth-order valence-corrected chi connectivity index (χ4v) is 2.06. The number of halogens is 1. The second-order valence-electron chi connectivity index (χ2n) is 4.43. The zero-order chi connectivity index (χ0) is 12.5. The molecule has 1 nitrogen and oxygen atoms in total. The molecule has 0 heterocycles. The Labute approximate surface area is 113 Å². The molecule has 17 heavy (non-hydrogen) atoms. The lowest BCUT2D eigenvalue weighted by atomic mass is 10.1. The van der Waals surface area contributed by atoms with Gasteiger partial charge in [-0.3, -0.25) is 0 Å². The summed E-state index contributed by atoms with van der Waals surface area (Å²) in [7, 11) is 0. The van der Waals surface area contributed by atoms with Crippen LogP contribution in [0.5, 0.6) is 0 Å². The highest BCUT2D eigenvalue weighted by atomic mass is 79.9. The molecule has 0 amide bonds. The van der Waals surface area contributed by atoms with Gasteiger partial charge in [0.1, 0.15) is 0 Å². The highest BCUT2D eigenvalue weighted by Crippen LogP contribution is 2.11. The second kappa shape index (κ2) is 8.48. The molecule has 0 aliphatic rings. The molecule has 0 radical (unpaired) electrons. The fraction of sp³-hybridized carbons (Fsp3) is 0.467. The van der Waals surface area contributed by atoms with Gasteiger partial charge in [0.25, 0.3) is 0 Å². The van der Waals surface area contributed by atoms with Gasteiger partial charge in [0.2, 0.25) is 0 Å². The lowest BCUT2D eigenvalue weighted by Crippen LogP contribution is -2.14. The highest BCUT2D eigenvalue weighted by molar-refractivity contribution is 9.09. The summed E-state index contributed by atoms with van der Waals surface area (Å²) in [5, 5.41) is 0.899. The largest absolute Gasteiger partial charge is 0.373 e. The molecular formula is C15H21BrO. The van der Waals surface area contributed by atoms with Gasteiger partial charge in [-0.25, -0.2) is 0 Å². The molecule has 0 aliphatic heterocycles. The smallest absolute Gasteiger partial charge is 0.0721 e. The van der Waals surface area contributed by atoms with Crippen molar-refractivity contribution in [3.63, 3.8) is 0 Å².